The largest absolute Gasteiger partial charge is 0.306 e. The molecule has 0 unspecified atom stereocenters. The minimum atomic E-state index is -0.0477. The monoisotopic (exact) mass is 341 g/mol. The lowest BCUT2D eigenvalue weighted by molar-refractivity contribution is 0.0986. The molecule has 0 radical (unpaired) electrons. The van der Waals surface area contributed by atoms with Crippen LogP contribution >= 0.6 is 15.9 Å². The second-order valence-corrected chi connectivity index (χ2v) is 6.01. The summed E-state index contributed by atoms with van der Waals surface area (Å²) in [7, 11) is 0. The molecular weight excluding hydrogens is 330 g/mol. The average molecular weight is 342 g/mol. The number of carbonyl (C=O) groups excluding carboxylic acids is 1. The van der Waals surface area contributed by atoms with Gasteiger partial charge in [-0.15, -0.1) is 0 Å². The number of nitrogens with zero attached hydrogens (tertiary/aromatic N) is 2. The number of H-pyrrole nitrogens is 1. The van der Waals surface area contributed by atoms with Gasteiger partial charge in [0, 0.05) is 22.1 Å². The molecule has 0 atom stereocenters. The van der Waals surface area contributed by atoms with Crippen molar-refractivity contribution in [3.8, 4) is 0 Å². The number of fused-ring (bicyclic) bond motifs is 2. The summed E-state index contributed by atoms with van der Waals surface area (Å²) in [6.07, 6.45) is 0.878. The molecule has 4 rings (SSSR count). The minimum Gasteiger partial charge on any atom is -0.306 e. The molecular formula is C16H12BrN3O. The summed E-state index contributed by atoms with van der Waals surface area (Å²) in [5, 5.41) is 7.99. The maximum Gasteiger partial charge on any atom is 0.279 e. The quantitative estimate of drug-likeness (QED) is 0.736. The van der Waals surface area contributed by atoms with Gasteiger partial charge in [0.2, 0.25) is 0 Å². The molecule has 1 N–H and O–H groups in total. The van der Waals surface area contributed by atoms with E-state index in [-0.39, 0.29) is 5.91 Å². The smallest absolute Gasteiger partial charge is 0.279 e. The van der Waals surface area contributed by atoms with Crippen molar-refractivity contribution in [2.75, 3.05) is 11.4 Å². The molecule has 5 heteroatoms. The fraction of sp³-hybridized carbons (Fsp3) is 0.125. The van der Waals surface area contributed by atoms with E-state index in [1.165, 1.54) is 5.56 Å². The molecule has 0 saturated heterocycles. The molecule has 21 heavy (non-hydrogen) atoms. The van der Waals surface area contributed by atoms with Crippen LogP contribution in [-0.2, 0) is 6.42 Å². The average Bonchev–Trinajstić information content (AvgIpc) is 3.10. The number of carbonyl (C=O) groups is 1. The number of amides is 1. The van der Waals surface area contributed by atoms with Crippen molar-refractivity contribution in [2.24, 2.45) is 0 Å². The van der Waals surface area contributed by atoms with Crippen LogP contribution in [0.4, 0.5) is 5.69 Å². The van der Waals surface area contributed by atoms with Gasteiger partial charge in [-0.25, -0.2) is 0 Å². The molecule has 2 heterocycles. The second-order valence-electron chi connectivity index (χ2n) is 5.10. The third-order valence-electron chi connectivity index (χ3n) is 3.86. The van der Waals surface area contributed by atoms with Crippen molar-refractivity contribution in [1.29, 1.82) is 0 Å². The van der Waals surface area contributed by atoms with Gasteiger partial charge < -0.3 is 4.90 Å². The molecule has 1 aromatic heterocycles. The number of aromatic amines is 1. The molecule has 1 aliphatic heterocycles. The summed E-state index contributed by atoms with van der Waals surface area (Å²) in [6, 6.07) is 13.7. The fourth-order valence-corrected chi connectivity index (χ4v) is 3.24. The zero-order chi connectivity index (χ0) is 14.4. The van der Waals surface area contributed by atoms with E-state index >= 15 is 0 Å². The first kappa shape index (κ1) is 12.6. The number of rotatable bonds is 1. The topological polar surface area (TPSA) is 49.0 Å². The Bertz CT molecular complexity index is 856. The summed E-state index contributed by atoms with van der Waals surface area (Å²) in [5.41, 5.74) is 3.55. The molecule has 0 saturated carbocycles. The van der Waals surface area contributed by atoms with Crippen molar-refractivity contribution in [3.63, 3.8) is 0 Å². The van der Waals surface area contributed by atoms with Gasteiger partial charge >= 0.3 is 0 Å². The van der Waals surface area contributed by atoms with E-state index in [9.17, 15) is 4.79 Å². The molecule has 3 aromatic rings. The molecule has 104 valence electrons. The molecule has 0 bridgehead atoms. The highest BCUT2D eigenvalue weighted by Gasteiger charge is 2.28. The fourth-order valence-electron chi connectivity index (χ4n) is 2.84. The van der Waals surface area contributed by atoms with Crippen molar-refractivity contribution in [1.82, 2.24) is 10.2 Å². The molecule has 4 nitrogen and oxygen atoms in total. The minimum absolute atomic E-state index is 0.0477. The molecule has 0 spiro atoms. The number of aromatic nitrogens is 2. The first-order valence-corrected chi connectivity index (χ1v) is 7.57. The Hall–Kier alpha value is -2.14. The van der Waals surface area contributed by atoms with Gasteiger partial charge in [-0.05, 0) is 36.2 Å². The Labute approximate surface area is 129 Å². The van der Waals surface area contributed by atoms with Gasteiger partial charge in [-0.2, -0.15) is 5.10 Å². The van der Waals surface area contributed by atoms with Crippen LogP contribution in [0.25, 0.3) is 10.9 Å². The molecule has 1 amide bonds. The first-order chi connectivity index (χ1) is 10.2. The zero-order valence-corrected chi connectivity index (χ0v) is 12.7. The van der Waals surface area contributed by atoms with E-state index < -0.39 is 0 Å². The van der Waals surface area contributed by atoms with E-state index in [2.05, 4.69) is 32.2 Å². The Morgan fingerprint density at radius 1 is 1.24 bits per heavy atom. The predicted molar refractivity (Wildman–Crippen MR) is 85.6 cm³/mol. The number of halogens is 1. The Morgan fingerprint density at radius 2 is 2.10 bits per heavy atom. The van der Waals surface area contributed by atoms with E-state index in [0.29, 0.717) is 12.2 Å². The van der Waals surface area contributed by atoms with Crippen molar-refractivity contribution in [2.45, 2.75) is 6.42 Å². The summed E-state index contributed by atoms with van der Waals surface area (Å²) >= 11 is 3.47. The highest BCUT2D eigenvalue weighted by Crippen LogP contribution is 2.32. The Balaban J connectivity index is 1.77. The molecule has 0 fully saturated rings. The van der Waals surface area contributed by atoms with Crippen LogP contribution in [0.5, 0.6) is 0 Å². The van der Waals surface area contributed by atoms with E-state index in [0.717, 1.165) is 27.5 Å². The predicted octanol–water partition coefficient (Wildman–Crippen LogP) is 3.53. The van der Waals surface area contributed by atoms with Gasteiger partial charge in [-0.3, -0.25) is 9.89 Å². The molecule has 1 aliphatic rings. The number of para-hydroxylation sites is 1. The lowest BCUT2D eigenvalue weighted by Crippen LogP contribution is -2.29. The van der Waals surface area contributed by atoms with E-state index in [1.807, 2.05) is 41.3 Å². The van der Waals surface area contributed by atoms with Gasteiger partial charge in [0.15, 0.2) is 5.69 Å². The number of nitrogens with one attached hydrogen (secondary N) is 1. The van der Waals surface area contributed by atoms with Crippen LogP contribution in [0.15, 0.2) is 46.9 Å². The molecule has 2 aromatic carbocycles. The van der Waals surface area contributed by atoms with Crippen molar-refractivity contribution in [3.05, 3.63) is 58.2 Å². The number of benzene rings is 2. The third-order valence-corrected chi connectivity index (χ3v) is 4.35. The van der Waals surface area contributed by atoms with E-state index in [4.69, 9.17) is 0 Å². The van der Waals surface area contributed by atoms with Crippen LogP contribution < -0.4 is 4.90 Å². The van der Waals surface area contributed by atoms with Gasteiger partial charge in [0.25, 0.3) is 5.91 Å². The van der Waals surface area contributed by atoms with Crippen LogP contribution in [0.2, 0.25) is 0 Å². The van der Waals surface area contributed by atoms with Crippen LogP contribution in [0.3, 0.4) is 0 Å². The number of anilines is 1. The second kappa shape index (κ2) is 4.70. The maximum absolute atomic E-state index is 12.8. The molecule has 0 aliphatic carbocycles. The van der Waals surface area contributed by atoms with Crippen molar-refractivity contribution < 1.29 is 4.79 Å². The number of hydrogen-bond acceptors (Lipinski definition) is 2. The maximum atomic E-state index is 12.8. The van der Waals surface area contributed by atoms with Gasteiger partial charge in [0.1, 0.15) is 0 Å². The van der Waals surface area contributed by atoms with Crippen LogP contribution in [0, 0.1) is 0 Å². The van der Waals surface area contributed by atoms with E-state index in [1.54, 1.807) is 0 Å². The highest BCUT2D eigenvalue weighted by atomic mass is 79.9. The lowest BCUT2D eigenvalue weighted by Gasteiger charge is -2.16. The van der Waals surface area contributed by atoms with Crippen LogP contribution in [-0.4, -0.2) is 22.6 Å². The Morgan fingerprint density at radius 3 is 3.00 bits per heavy atom. The van der Waals surface area contributed by atoms with Crippen LogP contribution in [0.1, 0.15) is 16.1 Å². The SMILES string of the molecule is O=C(c1n[nH]c2ccccc12)N1CCc2cc(Br)ccc21. The lowest BCUT2D eigenvalue weighted by atomic mass is 10.1. The zero-order valence-electron chi connectivity index (χ0n) is 11.1. The first-order valence-electron chi connectivity index (χ1n) is 6.77. The summed E-state index contributed by atoms with van der Waals surface area (Å²) in [6.45, 7) is 0.700. The third kappa shape index (κ3) is 1.96. The van der Waals surface area contributed by atoms with Gasteiger partial charge in [-0.1, -0.05) is 34.1 Å². The van der Waals surface area contributed by atoms with Crippen molar-refractivity contribution >= 4 is 38.4 Å². The number of hydrogen-bond donors (Lipinski definition) is 1. The standard InChI is InChI=1S/C16H12BrN3O/c17-11-5-6-14-10(9-11)7-8-20(14)16(21)15-12-3-1-2-4-13(12)18-19-15/h1-6,9H,7-8H2,(H,18,19). The summed E-state index contributed by atoms with van der Waals surface area (Å²) in [5.74, 6) is -0.0477. The highest BCUT2D eigenvalue weighted by molar-refractivity contribution is 9.10. The summed E-state index contributed by atoms with van der Waals surface area (Å²) < 4.78 is 1.04. The Kier molecular flexibility index (Phi) is 2.82. The van der Waals surface area contributed by atoms with Gasteiger partial charge in [0.05, 0.1) is 5.52 Å². The normalized spacial score (nSPS) is 13.7. The summed E-state index contributed by atoms with van der Waals surface area (Å²) in [4.78, 5) is 14.6.